The zero-order chi connectivity index (χ0) is 20.1. The van der Waals surface area contributed by atoms with Gasteiger partial charge in [-0.05, 0) is 31.4 Å². The van der Waals surface area contributed by atoms with E-state index in [-0.39, 0.29) is 16.6 Å². The van der Waals surface area contributed by atoms with Crippen LogP contribution in [0.25, 0.3) is 0 Å². The average Bonchev–Trinajstić information content (AvgIpc) is 2.63. The summed E-state index contributed by atoms with van der Waals surface area (Å²) in [5.41, 5.74) is 0.429. The van der Waals surface area contributed by atoms with E-state index in [0.29, 0.717) is 31.4 Å². The number of carbonyl (C=O) groups is 2. The molecule has 0 aliphatic rings. The maximum Gasteiger partial charge on any atom is 0.294 e. The molecule has 1 amide bonds. The number of benzene rings is 1. The standard InChI is InChI=1S/C20H31NO5S/c1-2-3-4-5-8-11-20(23)21-16-9-6-7-10-19(22)17-12-14-18(15-13-17)27(24,25)26/h12-15H,2-11,16H2,1H3,(H,21,23)(H,24,25,26). The maximum absolute atomic E-state index is 12.1. The van der Waals surface area contributed by atoms with Gasteiger partial charge in [0.15, 0.2) is 5.78 Å². The van der Waals surface area contributed by atoms with Gasteiger partial charge in [-0.25, -0.2) is 0 Å². The lowest BCUT2D eigenvalue weighted by molar-refractivity contribution is -0.121. The Morgan fingerprint density at radius 3 is 2.11 bits per heavy atom. The number of hydrogen-bond donors (Lipinski definition) is 2. The largest absolute Gasteiger partial charge is 0.356 e. The van der Waals surface area contributed by atoms with Crippen LogP contribution in [0.5, 0.6) is 0 Å². The van der Waals surface area contributed by atoms with Crippen LogP contribution in [0.15, 0.2) is 29.2 Å². The zero-order valence-electron chi connectivity index (χ0n) is 16.1. The first-order valence-corrected chi connectivity index (χ1v) is 11.2. The molecule has 27 heavy (non-hydrogen) atoms. The Hall–Kier alpha value is -1.73. The van der Waals surface area contributed by atoms with Crippen molar-refractivity contribution in [3.05, 3.63) is 29.8 Å². The molecule has 0 aliphatic carbocycles. The second-order valence-electron chi connectivity index (χ2n) is 6.75. The SMILES string of the molecule is CCCCCCCC(=O)NCCCCCC(=O)c1ccc(S(=O)(=O)O)cc1. The Labute approximate surface area is 162 Å². The van der Waals surface area contributed by atoms with Crippen LogP contribution < -0.4 is 5.32 Å². The van der Waals surface area contributed by atoms with Crippen LogP contribution in [0.3, 0.4) is 0 Å². The van der Waals surface area contributed by atoms with Crippen molar-refractivity contribution in [2.45, 2.75) is 76.0 Å². The number of amides is 1. The molecule has 152 valence electrons. The molecule has 0 aliphatic heterocycles. The number of carbonyl (C=O) groups excluding carboxylic acids is 2. The number of hydrogen-bond acceptors (Lipinski definition) is 4. The smallest absolute Gasteiger partial charge is 0.294 e. The van der Waals surface area contributed by atoms with Crippen molar-refractivity contribution in [2.75, 3.05) is 6.54 Å². The van der Waals surface area contributed by atoms with E-state index < -0.39 is 10.1 Å². The van der Waals surface area contributed by atoms with Gasteiger partial charge in [-0.1, -0.05) is 51.2 Å². The summed E-state index contributed by atoms with van der Waals surface area (Å²) < 4.78 is 30.9. The first-order chi connectivity index (χ1) is 12.8. The van der Waals surface area contributed by atoms with Crippen LogP contribution in [-0.2, 0) is 14.9 Å². The summed E-state index contributed by atoms with van der Waals surface area (Å²) in [7, 11) is -4.24. The number of nitrogens with one attached hydrogen (secondary N) is 1. The Morgan fingerprint density at radius 2 is 1.48 bits per heavy atom. The molecule has 1 aromatic rings. The van der Waals surface area contributed by atoms with Crippen LogP contribution in [0.4, 0.5) is 0 Å². The maximum atomic E-state index is 12.1. The predicted molar refractivity (Wildman–Crippen MR) is 105 cm³/mol. The fraction of sp³-hybridized carbons (Fsp3) is 0.600. The van der Waals surface area contributed by atoms with Gasteiger partial charge in [-0.3, -0.25) is 14.1 Å². The van der Waals surface area contributed by atoms with E-state index in [0.717, 1.165) is 25.7 Å². The minimum atomic E-state index is -4.24. The highest BCUT2D eigenvalue weighted by atomic mass is 32.2. The van der Waals surface area contributed by atoms with Crippen molar-refractivity contribution in [1.29, 1.82) is 0 Å². The average molecular weight is 398 g/mol. The lowest BCUT2D eigenvalue weighted by atomic mass is 10.0. The monoisotopic (exact) mass is 397 g/mol. The summed E-state index contributed by atoms with van der Waals surface area (Å²) in [5, 5.41) is 2.91. The van der Waals surface area contributed by atoms with E-state index in [1.807, 2.05) is 0 Å². The molecule has 1 aromatic carbocycles. The number of unbranched alkanes of at least 4 members (excludes halogenated alkanes) is 6. The molecule has 6 nitrogen and oxygen atoms in total. The molecule has 0 spiro atoms. The Kier molecular flexibility index (Phi) is 10.9. The van der Waals surface area contributed by atoms with Crippen molar-refractivity contribution in [2.24, 2.45) is 0 Å². The van der Waals surface area contributed by atoms with E-state index in [4.69, 9.17) is 4.55 Å². The number of rotatable bonds is 14. The Balaban J connectivity index is 2.12. The van der Waals surface area contributed by atoms with Crippen LogP contribution in [0, 0.1) is 0 Å². The van der Waals surface area contributed by atoms with Crippen molar-refractivity contribution in [3.8, 4) is 0 Å². The highest BCUT2D eigenvalue weighted by molar-refractivity contribution is 7.85. The van der Waals surface area contributed by atoms with Gasteiger partial charge in [0.1, 0.15) is 0 Å². The second-order valence-corrected chi connectivity index (χ2v) is 8.17. The molecular formula is C20H31NO5S. The van der Waals surface area contributed by atoms with Gasteiger partial charge in [-0.15, -0.1) is 0 Å². The van der Waals surface area contributed by atoms with Crippen molar-refractivity contribution in [3.63, 3.8) is 0 Å². The zero-order valence-corrected chi connectivity index (χ0v) is 16.9. The van der Waals surface area contributed by atoms with Crippen molar-refractivity contribution < 1.29 is 22.6 Å². The van der Waals surface area contributed by atoms with Gasteiger partial charge in [0.2, 0.25) is 5.91 Å². The number of ketones is 1. The lowest BCUT2D eigenvalue weighted by Gasteiger charge is -2.06. The Morgan fingerprint density at radius 1 is 0.889 bits per heavy atom. The summed E-state index contributed by atoms with van der Waals surface area (Å²) in [5.74, 6) is 0.0366. The molecular weight excluding hydrogens is 366 g/mol. The van der Waals surface area contributed by atoms with Gasteiger partial charge in [0, 0.05) is 24.9 Å². The van der Waals surface area contributed by atoms with E-state index in [2.05, 4.69) is 12.2 Å². The molecule has 0 saturated heterocycles. The molecule has 0 fully saturated rings. The van der Waals surface area contributed by atoms with Gasteiger partial charge in [0.25, 0.3) is 10.1 Å². The summed E-state index contributed by atoms with van der Waals surface area (Å²) in [6.45, 7) is 2.80. The highest BCUT2D eigenvalue weighted by Gasteiger charge is 2.11. The summed E-state index contributed by atoms with van der Waals surface area (Å²) in [6, 6.07) is 5.26. The molecule has 0 atom stereocenters. The molecule has 2 N–H and O–H groups in total. The third-order valence-electron chi connectivity index (χ3n) is 4.38. The minimum absolute atomic E-state index is 0.0620. The first-order valence-electron chi connectivity index (χ1n) is 9.72. The first kappa shape index (κ1) is 23.3. The highest BCUT2D eigenvalue weighted by Crippen LogP contribution is 2.13. The van der Waals surface area contributed by atoms with Crippen molar-refractivity contribution in [1.82, 2.24) is 5.32 Å². The van der Waals surface area contributed by atoms with Crippen LogP contribution in [0.2, 0.25) is 0 Å². The van der Waals surface area contributed by atoms with E-state index in [9.17, 15) is 18.0 Å². The van der Waals surface area contributed by atoms with Crippen molar-refractivity contribution >= 4 is 21.8 Å². The third kappa shape index (κ3) is 10.2. The normalized spacial score (nSPS) is 11.3. The molecule has 0 unspecified atom stereocenters. The second kappa shape index (κ2) is 12.6. The van der Waals surface area contributed by atoms with Gasteiger partial charge < -0.3 is 5.32 Å². The third-order valence-corrected chi connectivity index (χ3v) is 5.25. The van der Waals surface area contributed by atoms with E-state index in [1.165, 1.54) is 43.5 Å². The summed E-state index contributed by atoms with van der Waals surface area (Å²) in [4.78, 5) is 23.5. The predicted octanol–water partition coefficient (Wildman–Crippen LogP) is 4.15. The van der Waals surface area contributed by atoms with Crippen LogP contribution in [0.1, 0.15) is 81.5 Å². The summed E-state index contributed by atoms with van der Waals surface area (Å²) >= 11 is 0. The molecule has 0 bridgehead atoms. The van der Waals surface area contributed by atoms with Crippen LogP contribution in [-0.4, -0.2) is 31.2 Å². The van der Waals surface area contributed by atoms with E-state index in [1.54, 1.807) is 0 Å². The lowest BCUT2D eigenvalue weighted by Crippen LogP contribution is -2.23. The summed E-state index contributed by atoms with van der Waals surface area (Å²) in [6.07, 6.45) is 9.00. The molecule has 0 radical (unpaired) electrons. The molecule has 0 heterocycles. The topological polar surface area (TPSA) is 101 Å². The molecule has 0 aromatic heterocycles. The Bertz CT molecular complexity index is 683. The van der Waals surface area contributed by atoms with E-state index >= 15 is 0 Å². The fourth-order valence-corrected chi connectivity index (χ4v) is 3.23. The molecule has 7 heteroatoms. The van der Waals surface area contributed by atoms with Gasteiger partial charge in [0.05, 0.1) is 4.90 Å². The van der Waals surface area contributed by atoms with Crippen LogP contribution >= 0.6 is 0 Å². The van der Waals surface area contributed by atoms with Gasteiger partial charge >= 0.3 is 0 Å². The number of Topliss-reactive ketones (excluding diaryl/α,β-unsaturated/α-hetero) is 1. The van der Waals surface area contributed by atoms with Gasteiger partial charge in [-0.2, -0.15) is 8.42 Å². The molecule has 1 rings (SSSR count). The fourth-order valence-electron chi connectivity index (χ4n) is 2.75. The quantitative estimate of drug-likeness (QED) is 0.279. The molecule has 0 saturated carbocycles. The minimum Gasteiger partial charge on any atom is -0.356 e.